The van der Waals surface area contributed by atoms with Gasteiger partial charge < -0.3 is 18.7 Å². The number of rotatable bonds is 6. The van der Waals surface area contributed by atoms with E-state index in [0.29, 0.717) is 11.7 Å². The molecule has 9 aromatic carbocycles. The third-order valence-corrected chi connectivity index (χ3v) is 12.5. The van der Waals surface area contributed by atoms with Crippen LogP contribution in [0.2, 0.25) is 0 Å². The van der Waals surface area contributed by atoms with E-state index in [0.717, 1.165) is 99.5 Å². The van der Waals surface area contributed by atoms with E-state index in [-0.39, 0.29) is 6.17 Å². The molecule has 1 unspecified atom stereocenters. The Balaban J connectivity index is 1.09. The zero-order chi connectivity index (χ0) is 41.4. The maximum absolute atomic E-state index is 7.38. The molecular formula is C57H36N4O2. The summed E-state index contributed by atoms with van der Waals surface area (Å²) in [6.45, 7) is 0. The minimum absolute atomic E-state index is 0.388. The standard InChI is InChI=1S/C57H36N4O2/c1-3-16-35(17-4-1)37-20-13-21-38(34-37)56-58-55(36-18-5-2-6-19-36)59-57(60-56)45-33-32-42(41-25-15-31-50-51(41)43-24-9-12-30-49(43)62-50)54-52(45)44-26-14-29-48(53(44)63-54)61-46-27-10-7-22-39(46)40-23-8-11-28-47(40)61/h1-34,55H,(H,58,59,60). The topological polar surface area (TPSA) is 68.0 Å². The molecule has 0 saturated heterocycles. The number of benzene rings is 9. The van der Waals surface area contributed by atoms with Crippen LogP contribution in [-0.4, -0.2) is 16.2 Å². The summed E-state index contributed by atoms with van der Waals surface area (Å²) >= 11 is 0. The minimum atomic E-state index is -0.388. The van der Waals surface area contributed by atoms with Crippen molar-refractivity contribution < 1.29 is 8.83 Å². The zero-order valence-electron chi connectivity index (χ0n) is 33.9. The molecule has 1 aliphatic rings. The SMILES string of the molecule is c1ccc(-c2cccc(C3=NC(c4ccccc4)NC(c4ccc(-c5cccc6oc7ccccc7c56)c5oc6c(-n7c8ccccc8c8ccccc87)cccc6c45)=N3)c2)cc1. The first-order valence-corrected chi connectivity index (χ1v) is 21.3. The third-order valence-electron chi connectivity index (χ3n) is 12.5. The summed E-state index contributed by atoms with van der Waals surface area (Å²) in [5.74, 6) is 1.37. The van der Waals surface area contributed by atoms with E-state index in [1.807, 2.05) is 30.3 Å². The van der Waals surface area contributed by atoms with Crippen LogP contribution in [0.15, 0.2) is 225 Å². The average Bonchev–Trinajstić information content (AvgIpc) is 4.05. The summed E-state index contributed by atoms with van der Waals surface area (Å²) < 4.78 is 16.1. The van der Waals surface area contributed by atoms with Gasteiger partial charge in [0.05, 0.1) is 16.7 Å². The first-order valence-electron chi connectivity index (χ1n) is 21.3. The number of nitrogens with zero attached hydrogens (tertiary/aromatic N) is 3. The average molecular weight is 809 g/mol. The first-order chi connectivity index (χ1) is 31.2. The summed E-state index contributed by atoms with van der Waals surface area (Å²) in [6, 6.07) is 71.9. The van der Waals surface area contributed by atoms with Crippen LogP contribution in [0.4, 0.5) is 0 Å². The lowest BCUT2D eigenvalue weighted by Crippen LogP contribution is -2.33. The van der Waals surface area contributed by atoms with E-state index < -0.39 is 0 Å². The normalized spacial score (nSPS) is 14.2. The van der Waals surface area contributed by atoms with Crippen LogP contribution in [0.25, 0.3) is 93.6 Å². The maximum atomic E-state index is 7.38. The molecule has 0 aliphatic carbocycles. The van der Waals surface area contributed by atoms with Crippen molar-refractivity contribution in [3.63, 3.8) is 0 Å². The third kappa shape index (κ3) is 5.58. The number of para-hydroxylation sites is 4. The molecule has 13 rings (SSSR count). The van der Waals surface area contributed by atoms with Gasteiger partial charge in [0.25, 0.3) is 0 Å². The molecule has 1 aliphatic heterocycles. The van der Waals surface area contributed by atoms with Crippen LogP contribution in [-0.2, 0) is 0 Å². The van der Waals surface area contributed by atoms with Crippen molar-refractivity contribution in [1.29, 1.82) is 0 Å². The Morgan fingerprint density at radius 1 is 0.429 bits per heavy atom. The second kappa shape index (κ2) is 14.0. The molecule has 3 aromatic heterocycles. The lowest BCUT2D eigenvalue weighted by molar-refractivity contribution is 0.666. The lowest BCUT2D eigenvalue weighted by Gasteiger charge is -2.24. The molecule has 63 heavy (non-hydrogen) atoms. The van der Waals surface area contributed by atoms with Gasteiger partial charge in [-0.1, -0.05) is 158 Å². The highest BCUT2D eigenvalue weighted by Gasteiger charge is 2.27. The highest BCUT2D eigenvalue weighted by molar-refractivity contribution is 6.26. The Kier molecular flexibility index (Phi) is 7.87. The largest absolute Gasteiger partial charge is 0.456 e. The van der Waals surface area contributed by atoms with Gasteiger partial charge in [0.2, 0.25) is 0 Å². The Hall–Kier alpha value is -8.48. The molecule has 6 nitrogen and oxygen atoms in total. The van der Waals surface area contributed by atoms with E-state index in [9.17, 15) is 0 Å². The molecule has 296 valence electrons. The first kappa shape index (κ1) is 35.3. The number of furan rings is 2. The van der Waals surface area contributed by atoms with Crippen LogP contribution in [0.5, 0.6) is 0 Å². The fourth-order valence-electron chi connectivity index (χ4n) is 9.64. The summed E-state index contributed by atoms with van der Waals surface area (Å²) in [5.41, 5.74) is 13.6. The van der Waals surface area contributed by atoms with Gasteiger partial charge in [-0.2, -0.15) is 0 Å². The fraction of sp³-hybridized carbons (Fsp3) is 0.0175. The van der Waals surface area contributed by atoms with Gasteiger partial charge in [-0.3, -0.25) is 0 Å². The van der Waals surface area contributed by atoms with Crippen LogP contribution in [0, 0.1) is 0 Å². The molecule has 0 amide bonds. The van der Waals surface area contributed by atoms with Crippen LogP contribution in [0.3, 0.4) is 0 Å². The van der Waals surface area contributed by atoms with Gasteiger partial charge in [-0.05, 0) is 70.8 Å². The minimum Gasteiger partial charge on any atom is -0.456 e. The molecule has 0 saturated carbocycles. The second-order valence-corrected chi connectivity index (χ2v) is 16.1. The van der Waals surface area contributed by atoms with Gasteiger partial charge in [-0.15, -0.1) is 0 Å². The summed E-state index contributed by atoms with van der Waals surface area (Å²) in [5, 5.41) is 10.2. The van der Waals surface area contributed by atoms with E-state index in [4.69, 9.17) is 18.8 Å². The van der Waals surface area contributed by atoms with Gasteiger partial charge in [0, 0.05) is 49.0 Å². The molecular weight excluding hydrogens is 773 g/mol. The van der Waals surface area contributed by atoms with Crippen LogP contribution < -0.4 is 5.32 Å². The van der Waals surface area contributed by atoms with Gasteiger partial charge in [0.15, 0.2) is 11.4 Å². The number of aromatic nitrogens is 1. The number of fused-ring (bicyclic) bond motifs is 9. The number of amidine groups is 2. The van der Waals surface area contributed by atoms with Crippen molar-refractivity contribution >= 4 is 77.4 Å². The van der Waals surface area contributed by atoms with Gasteiger partial charge in [-0.25, -0.2) is 9.98 Å². The maximum Gasteiger partial charge on any atom is 0.159 e. The summed E-state index contributed by atoms with van der Waals surface area (Å²) in [6.07, 6.45) is -0.388. The van der Waals surface area contributed by atoms with Crippen molar-refractivity contribution in [1.82, 2.24) is 9.88 Å². The van der Waals surface area contributed by atoms with Crippen molar-refractivity contribution in [3.05, 3.63) is 223 Å². The Morgan fingerprint density at radius 3 is 1.86 bits per heavy atom. The molecule has 0 spiro atoms. The number of hydrogen-bond acceptors (Lipinski definition) is 5. The second-order valence-electron chi connectivity index (χ2n) is 16.1. The highest BCUT2D eigenvalue weighted by atomic mass is 16.3. The molecule has 1 N–H and O–H groups in total. The molecule has 12 aromatic rings. The molecule has 0 bridgehead atoms. The van der Waals surface area contributed by atoms with Crippen molar-refractivity contribution in [2.45, 2.75) is 6.17 Å². The van der Waals surface area contributed by atoms with Crippen molar-refractivity contribution in [2.24, 2.45) is 9.98 Å². The molecule has 0 fully saturated rings. The number of nitrogens with one attached hydrogen (secondary N) is 1. The van der Waals surface area contributed by atoms with Gasteiger partial charge >= 0.3 is 0 Å². The number of hydrogen-bond donors (Lipinski definition) is 1. The van der Waals surface area contributed by atoms with E-state index in [1.54, 1.807) is 0 Å². The van der Waals surface area contributed by atoms with Crippen molar-refractivity contribution in [2.75, 3.05) is 0 Å². The van der Waals surface area contributed by atoms with E-state index in [1.165, 1.54) is 10.8 Å². The summed E-state index contributed by atoms with van der Waals surface area (Å²) in [4.78, 5) is 10.7. The highest BCUT2D eigenvalue weighted by Crippen LogP contribution is 2.45. The Labute approximate surface area is 361 Å². The predicted octanol–water partition coefficient (Wildman–Crippen LogP) is 14.4. The smallest absolute Gasteiger partial charge is 0.159 e. The van der Waals surface area contributed by atoms with Crippen LogP contribution >= 0.6 is 0 Å². The van der Waals surface area contributed by atoms with Gasteiger partial charge in [0.1, 0.15) is 28.8 Å². The fourth-order valence-corrected chi connectivity index (χ4v) is 9.64. The van der Waals surface area contributed by atoms with Crippen LogP contribution in [0.1, 0.15) is 22.9 Å². The molecule has 0 radical (unpaired) electrons. The Morgan fingerprint density at radius 2 is 1.05 bits per heavy atom. The van der Waals surface area contributed by atoms with Crippen molar-refractivity contribution in [3.8, 4) is 27.9 Å². The number of aliphatic imine (C=N–C) groups is 2. The molecule has 4 heterocycles. The van der Waals surface area contributed by atoms with E-state index in [2.05, 4.69) is 186 Å². The molecule has 1 atom stereocenters. The van der Waals surface area contributed by atoms with E-state index >= 15 is 0 Å². The molecule has 6 heteroatoms. The Bertz CT molecular complexity index is 3780. The lowest BCUT2D eigenvalue weighted by atomic mass is 9.94. The quantitative estimate of drug-likeness (QED) is 0.182. The predicted molar refractivity (Wildman–Crippen MR) is 258 cm³/mol. The monoisotopic (exact) mass is 808 g/mol. The zero-order valence-corrected chi connectivity index (χ0v) is 33.9. The summed E-state index contributed by atoms with van der Waals surface area (Å²) in [7, 11) is 0.